The summed E-state index contributed by atoms with van der Waals surface area (Å²) in [6.45, 7) is 2.81. The number of nitrogens with zero attached hydrogens (tertiary/aromatic N) is 1. The molecule has 3 atom stereocenters. The summed E-state index contributed by atoms with van der Waals surface area (Å²) in [6, 6.07) is 8.27. The molecule has 2 aliphatic rings. The Hall–Kier alpha value is -2.18. The van der Waals surface area contributed by atoms with Gasteiger partial charge in [0.15, 0.2) is 0 Å². The summed E-state index contributed by atoms with van der Waals surface area (Å²) < 4.78 is 5.98. The number of aromatic nitrogens is 2. The largest absolute Gasteiger partial charge is 0.367 e. The second-order valence-corrected chi connectivity index (χ2v) is 5.93. The van der Waals surface area contributed by atoms with Crippen LogP contribution in [0.1, 0.15) is 34.1 Å². The molecule has 6 heteroatoms. The van der Waals surface area contributed by atoms with Crippen LogP contribution in [-0.2, 0) is 4.74 Å². The SMILES string of the molecule is Cc1cn[nH]c1C(=O)Nc1ccc([C@H]2O[C@@H]3CN[C@H]2C3)cc1. The van der Waals surface area contributed by atoms with Gasteiger partial charge in [-0.15, -0.1) is 0 Å². The Balaban J connectivity index is 1.46. The number of carbonyl (C=O) groups is 1. The van der Waals surface area contributed by atoms with Crippen LogP contribution in [0.4, 0.5) is 5.69 Å². The first-order valence-electron chi connectivity index (χ1n) is 7.51. The van der Waals surface area contributed by atoms with E-state index in [9.17, 15) is 4.79 Å². The molecule has 2 fully saturated rings. The third-order valence-corrected chi connectivity index (χ3v) is 4.38. The van der Waals surface area contributed by atoms with Crippen LogP contribution in [0.15, 0.2) is 30.5 Å². The molecule has 2 aromatic rings. The smallest absolute Gasteiger partial charge is 0.273 e. The van der Waals surface area contributed by atoms with Crippen molar-refractivity contribution in [1.29, 1.82) is 0 Å². The quantitative estimate of drug-likeness (QED) is 0.807. The van der Waals surface area contributed by atoms with Gasteiger partial charge in [0.05, 0.1) is 18.4 Å². The summed E-state index contributed by atoms with van der Waals surface area (Å²) in [5, 5.41) is 12.9. The number of benzene rings is 1. The Bertz CT molecular complexity index is 694. The van der Waals surface area contributed by atoms with Crippen molar-refractivity contribution >= 4 is 11.6 Å². The number of anilines is 1. The summed E-state index contributed by atoms with van der Waals surface area (Å²) >= 11 is 0. The van der Waals surface area contributed by atoms with Crippen LogP contribution in [0.5, 0.6) is 0 Å². The minimum absolute atomic E-state index is 0.123. The molecule has 0 aliphatic carbocycles. The van der Waals surface area contributed by atoms with E-state index in [0.717, 1.165) is 29.8 Å². The zero-order valence-corrected chi connectivity index (χ0v) is 12.3. The molecule has 4 rings (SSSR count). The molecule has 114 valence electrons. The van der Waals surface area contributed by atoms with E-state index in [1.165, 1.54) is 0 Å². The summed E-state index contributed by atoms with van der Waals surface area (Å²) in [4.78, 5) is 12.1. The number of fused-ring (bicyclic) bond motifs is 2. The van der Waals surface area contributed by atoms with Gasteiger partial charge in [0.25, 0.3) is 5.91 Å². The van der Waals surface area contributed by atoms with Crippen LogP contribution in [-0.4, -0.2) is 34.8 Å². The molecule has 1 aromatic heterocycles. The molecular weight excluding hydrogens is 280 g/mol. The third kappa shape index (κ3) is 2.30. The Morgan fingerprint density at radius 1 is 1.36 bits per heavy atom. The number of carbonyl (C=O) groups excluding carboxylic acids is 1. The maximum atomic E-state index is 12.1. The second-order valence-electron chi connectivity index (χ2n) is 5.93. The predicted octanol–water partition coefficient (Wildman–Crippen LogP) is 1.77. The minimum atomic E-state index is -0.180. The van der Waals surface area contributed by atoms with Crippen molar-refractivity contribution in [1.82, 2.24) is 15.5 Å². The number of amides is 1. The lowest BCUT2D eigenvalue weighted by Crippen LogP contribution is -2.33. The van der Waals surface area contributed by atoms with Crippen LogP contribution in [0.2, 0.25) is 0 Å². The van der Waals surface area contributed by atoms with Gasteiger partial charge in [0, 0.05) is 18.3 Å². The van der Waals surface area contributed by atoms with E-state index >= 15 is 0 Å². The summed E-state index contributed by atoms with van der Waals surface area (Å²) in [5.74, 6) is -0.180. The monoisotopic (exact) mass is 298 g/mol. The highest BCUT2D eigenvalue weighted by atomic mass is 16.5. The molecule has 3 N–H and O–H groups in total. The molecule has 2 aliphatic heterocycles. The zero-order chi connectivity index (χ0) is 15.1. The van der Waals surface area contributed by atoms with Crippen molar-refractivity contribution in [2.45, 2.75) is 31.6 Å². The molecule has 1 aromatic carbocycles. The Labute approximate surface area is 128 Å². The first kappa shape index (κ1) is 13.5. The van der Waals surface area contributed by atoms with Gasteiger partial charge < -0.3 is 15.4 Å². The van der Waals surface area contributed by atoms with Gasteiger partial charge in [-0.2, -0.15) is 5.10 Å². The average molecular weight is 298 g/mol. The number of hydrogen-bond acceptors (Lipinski definition) is 4. The van der Waals surface area contributed by atoms with Gasteiger partial charge in [0.1, 0.15) is 5.69 Å². The van der Waals surface area contributed by atoms with Crippen LogP contribution < -0.4 is 10.6 Å². The molecule has 3 heterocycles. The van der Waals surface area contributed by atoms with Gasteiger partial charge in [0.2, 0.25) is 0 Å². The molecule has 0 spiro atoms. The van der Waals surface area contributed by atoms with Crippen LogP contribution in [0.3, 0.4) is 0 Å². The van der Waals surface area contributed by atoms with E-state index in [2.05, 4.69) is 20.8 Å². The molecule has 22 heavy (non-hydrogen) atoms. The average Bonchev–Trinajstić information content (AvgIpc) is 3.24. The summed E-state index contributed by atoms with van der Waals surface area (Å²) in [5.41, 5.74) is 3.23. The van der Waals surface area contributed by atoms with Crippen molar-refractivity contribution in [3.63, 3.8) is 0 Å². The molecular formula is C16H18N4O2. The van der Waals surface area contributed by atoms with E-state index in [0.29, 0.717) is 17.8 Å². The van der Waals surface area contributed by atoms with Gasteiger partial charge in [-0.1, -0.05) is 12.1 Å². The number of morpholine rings is 1. The molecule has 0 unspecified atom stereocenters. The highest BCUT2D eigenvalue weighted by Crippen LogP contribution is 2.37. The highest BCUT2D eigenvalue weighted by Gasteiger charge is 2.41. The lowest BCUT2D eigenvalue weighted by atomic mass is 10.0. The van der Waals surface area contributed by atoms with Crippen LogP contribution in [0.25, 0.3) is 0 Å². The summed E-state index contributed by atoms with van der Waals surface area (Å²) in [6.07, 6.45) is 3.19. The predicted molar refractivity (Wildman–Crippen MR) is 81.7 cm³/mol. The van der Waals surface area contributed by atoms with E-state index in [-0.39, 0.29) is 12.0 Å². The van der Waals surface area contributed by atoms with E-state index < -0.39 is 0 Å². The second kappa shape index (κ2) is 5.23. The van der Waals surface area contributed by atoms with Gasteiger partial charge >= 0.3 is 0 Å². The van der Waals surface area contributed by atoms with E-state index in [1.54, 1.807) is 6.20 Å². The van der Waals surface area contributed by atoms with Gasteiger partial charge in [-0.3, -0.25) is 9.89 Å². The lowest BCUT2D eigenvalue weighted by molar-refractivity contribution is 0.0160. The number of ether oxygens (including phenoxy) is 1. The fraction of sp³-hybridized carbons (Fsp3) is 0.375. The van der Waals surface area contributed by atoms with Crippen molar-refractivity contribution < 1.29 is 9.53 Å². The molecule has 0 radical (unpaired) electrons. The number of aromatic amines is 1. The molecule has 2 saturated heterocycles. The first-order valence-corrected chi connectivity index (χ1v) is 7.51. The fourth-order valence-electron chi connectivity index (χ4n) is 3.21. The molecule has 2 bridgehead atoms. The maximum Gasteiger partial charge on any atom is 0.273 e. The number of hydrogen-bond donors (Lipinski definition) is 3. The number of nitrogens with one attached hydrogen (secondary N) is 3. The molecule has 1 amide bonds. The minimum Gasteiger partial charge on any atom is -0.367 e. The van der Waals surface area contributed by atoms with Crippen LogP contribution >= 0.6 is 0 Å². The molecule has 0 saturated carbocycles. The standard InChI is InChI=1S/C16H18N4O2/c1-9-7-18-20-14(9)16(21)19-11-4-2-10(3-5-11)15-13-6-12(22-15)8-17-13/h2-5,7,12-13,15,17H,6,8H2,1H3,(H,18,20)(H,19,21)/t12-,13-,15+/m0/s1. The maximum absolute atomic E-state index is 12.1. The Morgan fingerprint density at radius 2 is 2.18 bits per heavy atom. The number of rotatable bonds is 3. The topological polar surface area (TPSA) is 79.0 Å². The van der Waals surface area contributed by atoms with E-state index in [4.69, 9.17) is 4.74 Å². The number of aryl methyl sites for hydroxylation is 1. The van der Waals surface area contributed by atoms with Gasteiger partial charge in [-0.25, -0.2) is 0 Å². The first-order chi connectivity index (χ1) is 10.7. The van der Waals surface area contributed by atoms with Crippen molar-refractivity contribution in [2.24, 2.45) is 0 Å². The lowest BCUT2D eigenvalue weighted by Gasteiger charge is -2.23. The normalized spacial score (nSPS) is 26.3. The third-order valence-electron chi connectivity index (χ3n) is 4.38. The van der Waals surface area contributed by atoms with Crippen LogP contribution in [0, 0.1) is 6.92 Å². The molecule has 6 nitrogen and oxygen atoms in total. The Kier molecular flexibility index (Phi) is 3.20. The fourth-order valence-corrected chi connectivity index (χ4v) is 3.21. The summed E-state index contributed by atoms with van der Waals surface area (Å²) in [7, 11) is 0. The highest BCUT2D eigenvalue weighted by molar-refractivity contribution is 6.03. The van der Waals surface area contributed by atoms with E-state index in [1.807, 2.05) is 31.2 Å². The van der Waals surface area contributed by atoms with Crippen molar-refractivity contribution in [3.8, 4) is 0 Å². The van der Waals surface area contributed by atoms with Crippen molar-refractivity contribution in [2.75, 3.05) is 11.9 Å². The number of H-pyrrole nitrogens is 1. The van der Waals surface area contributed by atoms with Gasteiger partial charge in [-0.05, 0) is 36.6 Å². The zero-order valence-electron chi connectivity index (χ0n) is 12.3. The van der Waals surface area contributed by atoms with Crippen molar-refractivity contribution in [3.05, 3.63) is 47.3 Å². The Morgan fingerprint density at radius 3 is 2.77 bits per heavy atom.